The molecule has 0 aliphatic rings. The molecule has 2 aromatic rings. The number of nitrogens with zero attached hydrogens (tertiary/aromatic N) is 1. The number of ether oxygens (including phenoxy) is 1. The number of para-hydroxylation sites is 1. The Balaban J connectivity index is 1.90. The Morgan fingerprint density at radius 2 is 1.96 bits per heavy atom. The standard InChI is InChI=1S/C19H16ClNO5/c1-13-6-7-14(10-17(13)20)12-26-19(23)11-16(22)9-8-15-4-2-3-5-18(15)21(24)25/h2-10H,11-12H2,1H3. The fourth-order valence-corrected chi connectivity index (χ4v) is 2.32. The number of nitro benzene ring substituents is 1. The van der Waals surface area contributed by atoms with Crippen LogP contribution in [-0.4, -0.2) is 16.7 Å². The van der Waals surface area contributed by atoms with Gasteiger partial charge in [0.05, 0.1) is 10.5 Å². The van der Waals surface area contributed by atoms with E-state index < -0.39 is 23.1 Å². The largest absolute Gasteiger partial charge is 0.460 e. The first-order chi connectivity index (χ1) is 12.4. The molecule has 0 spiro atoms. The van der Waals surface area contributed by atoms with Crippen molar-refractivity contribution in [3.05, 3.63) is 80.4 Å². The minimum Gasteiger partial charge on any atom is -0.460 e. The highest BCUT2D eigenvalue weighted by Gasteiger charge is 2.12. The second-order valence-electron chi connectivity index (χ2n) is 5.54. The number of halogens is 1. The van der Waals surface area contributed by atoms with Crippen molar-refractivity contribution in [1.29, 1.82) is 0 Å². The van der Waals surface area contributed by atoms with E-state index in [2.05, 4.69) is 0 Å². The molecule has 0 aromatic heterocycles. The van der Waals surface area contributed by atoms with E-state index in [1.165, 1.54) is 24.3 Å². The maximum atomic E-state index is 11.8. The predicted octanol–water partition coefficient (Wildman–Crippen LogP) is 4.27. The SMILES string of the molecule is Cc1ccc(COC(=O)CC(=O)C=Cc2ccccc2[N+](=O)[O-])cc1Cl. The first-order valence-corrected chi connectivity index (χ1v) is 8.09. The Morgan fingerprint density at radius 1 is 1.23 bits per heavy atom. The van der Waals surface area contributed by atoms with Gasteiger partial charge in [-0.05, 0) is 42.3 Å². The summed E-state index contributed by atoms with van der Waals surface area (Å²) in [5, 5.41) is 11.5. The summed E-state index contributed by atoms with van der Waals surface area (Å²) < 4.78 is 5.05. The summed E-state index contributed by atoms with van der Waals surface area (Å²) >= 11 is 6.00. The van der Waals surface area contributed by atoms with Crippen molar-refractivity contribution in [1.82, 2.24) is 0 Å². The molecule has 0 saturated carbocycles. The van der Waals surface area contributed by atoms with Crippen molar-refractivity contribution in [3.8, 4) is 0 Å². The third-order valence-electron chi connectivity index (χ3n) is 3.54. The molecule has 134 valence electrons. The van der Waals surface area contributed by atoms with Crippen LogP contribution in [0.4, 0.5) is 5.69 Å². The van der Waals surface area contributed by atoms with Crippen molar-refractivity contribution in [2.24, 2.45) is 0 Å². The molecule has 0 heterocycles. The second kappa shape index (κ2) is 8.92. The van der Waals surface area contributed by atoms with Crippen LogP contribution in [0.15, 0.2) is 48.5 Å². The van der Waals surface area contributed by atoms with E-state index in [4.69, 9.17) is 16.3 Å². The zero-order chi connectivity index (χ0) is 19.1. The number of hydrogen-bond donors (Lipinski definition) is 0. The number of carbonyl (C=O) groups excluding carboxylic acids is 2. The molecule has 26 heavy (non-hydrogen) atoms. The lowest BCUT2D eigenvalue weighted by Gasteiger charge is -2.05. The van der Waals surface area contributed by atoms with Crippen LogP contribution in [0.2, 0.25) is 5.02 Å². The monoisotopic (exact) mass is 373 g/mol. The first-order valence-electron chi connectivity index (χ1n) is 7.72. The van der Waals surface area contributed by atoms with Gasteiger partial charge in [-0.2, -0.15) is 0 Å². The van der Waals surface area contributed by atoms with Crippen LogP contribution in [0.5, 0.6) is 0 Å². The molecular formula is C19H16ClNO5. The maximum absolute atomic E-state index is 11.8. The van der Waals surface area contributed by atoms with Crippen molar-refractivity contribution in [3.63, 3.8) is 0 Å². The molecule has 0 radical (unpaired) electrons. The first kappa shape index (κ1) is 19.3. The van der Waals surface area contributed by atoms with Gasteiger partial charge in [0, 0.05) is 11.1 Å². The zero-order valence-corrected chi connectivity index (χ0v) is 14.7. The summed E-state index contributed by atoms with van der Waals surface area (Å²) in [6.07, 6.45) is 2.00. The molecule has 0 atom stereocenters. The van der Waals surface area contributed by atoms with Gasteiger partial charge in [-0.15, -0.1) is 0 Å². The van der Waals surface area contributed by atoms with Crippen molar-refractivity contribution >= 4 is 35.1 Å². The molecule has 6 nitrogen and oxygen atoms in total. The average Bonchev–Trinajstić information content (AvgIpc) is 2.61. The Hall–Kier alpha value is -2.99. The van der Waals surface area contributed by atoms with Gasteiger partial charge in [0.25, 0.3) is 5.69 Å². The van der Waals surface area contributed by atoms with Crippen LogP contribution < -0.4 is 0 Å². The quantitative estimate of drug-likeness (QED) is 0.238. The highest BCUT2D eigenvalue weighted by atomic mass is 35.5. The van der Waals surface area contributed by atoms with Gasteiger partial charge in [-0.3, -0.25) is 19.7 Å². The summed E-state index contributed by atoms with van der Waals surface area (Å²) in [6.45, 7) is 1.88. The number of esters is 1. The lowest BCUT2D eigenvalue weighted by atomic mass is 10.1. The molecule has 0 fully saturated rings. The van der Waals surface area contributed by atoms with Crippen LogP contribution in [-0.2, 0) is 20.9 Å². The van der Waals surface area contributed by atoms with Gasteiger partial charge in [0.2, 0.25) is 0 Å². The van der Waals surface area contributed by atoms with Gasteiger partial charge < -0.3 is 4.74 Å². The number of ketones is 1. The smallest absolute Gasteiger partial charge is 0.314 e. The molecule has 0 saturated heterocycles. The number of aryl methyl sites for hydroxylation is 1. The van der Waals surface area contributed by atoms with Crippen LogP contribution in [0.25, 0.3) is 6.08 Å². The molecule has 2 rings (SSSR count). The van der Waals surface area contributed by atoms with Gasteiger partial charge in [0.1, 0.15) is 13.0 Å². The van der Waals surface area contributed by atoms with Gasteiger partial charge >= 0.3 is 5.97 Å². The fourth-order valence-electron chi connectivity index (χ4n) is 2.12. The molecular weight excluding hydrogens is 358 g/mol. The Morgan fingerprint density at radius 3 is 2.65 bits per heavy atom. The Labute approximate surface area is 155 Å². The van der Waals surface area contributed by atoms with E-state index in [-0.39, 0.29) is 17.9 Å². The van der Waals surface area contributed by atoms with Crippen molar-refractivity contribution < 1.29 is 19.2 Å². The lowest BCUT2D eigenvalue weighted by molar-refractivity contribution is -0.385. The molecule has 2 aromatic carbocycles. The normalized spacial score (nSPS) is 10.7. The number of allylic oxidation sites excluding steroid dienone is 1. The second-order valence-corrected chi connectivity index (χ2v) is 5.94. The molecule has 0 aliphatic carbocycles. The molecule has 7 heteroatoms. The van der Waals surface area contributed by atoms with E-state index in [9.17, 15) is 19.7 Å². The van der Waals surface area contributed by atoms with E-state index >= 15 is 0 Å². The molecule has 0 bridgehead atoms. The number of nitro groups is 1. The van der Waals surface area contributed by atoms with E-state index in [0.29, 0.717) is 5.02 Å². The topological polar surface area (TPSA) is 86.5 Å². The van der Waals surface area contributed by atoms with Crippen LogP contribution in [0, 0.1) is 17.0 Å². The van der Waals surface area contributed by atoms with Crippen LogP contribution >= 0.6 is 11.6 Å². The molecule has 0 unspecified atom stereocenters. The van der Waals surface area contributed by atoms with Crippen LogP contribution in [0.3, 0.4) is 0 Å². The number of hydrogen-bond acceptors (Lipinski definition) is 5. The summed E-state index contributed by atoms with van der Waals surface area (Å²) in [5.41, 5.74) is 1.80. The summed E-state index contributed by atoms with van der Waals surface area (Å²) in [5.74, 6) is -1.19. The Bertz CT molecular complexity index is 876. The van der Waals surface area contributed by atoms with Gasteiger partial charge in [-0.25, -0.2) is 0 Å². The van der Waals surface area contributed by atoms with E-state index in [0.717, 1.165) is 17.2 Å². The minimum atomic E-state index is -0.682. The number of rotatable bonds is 7. The maximum Gasteiger partial charge on any atom is 0.314 e. The lowest BCUT2D eigenvalue weighted by Crippen LogP contribution is -2.09. The number of carbonyl (C=O) groups is 2. The van der Waals surface area contributed by atoms with Crippen LogP contribution in [0.1, 0.15) is 23.1 Å². The molecule has 0 amide bonds. The Kier molecular flexibility index (Phi) is 6.63. The predicted molar refractivity (Wildman–Crippen MR) is 97.7 cm³/mol. The minimum absolute atomic E-state index is 0.0139. The number of benzene rings is 2. The van der Waals surface area contributed by atoms with E-state index in [1.807, 2.05) is 13.0 Å². The van der Waals surface area contributed by atoms with Gasteiger partial charge in [0.15, 0.2) is 5.78 Å². The van der Waals surface area contributed by atoms with Crippen molar-refractivity contribution in [2.75, 3.05) is 0 Å². The fraction of sp³-hybridized carbons (Fsp3) is 0.158. The highest BCUT2D eigenvalue weighted by Crippen LogP contribution is 2.19. The summed E-state index contributed by atoms with van der Waals surface area (Å²) in [6, 6.07) is 11.3. The third kappa shape index (κ3) is 5.53. The van der Waals surface area contributed by atoms with Crippen molar-refractivity contribution in [2.45, 2.75) is 20.0 Å². The van der Waals surface area contributed by atoms with E-state index in [1.54, 1.807) is 18.2 Å². The molecule has 0 aliphatic heterocycles. The van der Waals surface area contributed by atoms with Gasteiger partial charge in [-0.1, -0.05) is 35.9 Å². The third-order valence-corrected chi connectivity index (χ3v) is 3.94. The molecule has 0 N–H and O–H groups in total. The summed E-state index contributed by atoms with van der Waals surface area (Å²) in [4.78, 5) is 34.0. The summed E-state index contributed by atoms with van der Waals surface area (Å²) in [7, 11) is 0. The zero-order valence-electron chi connectivity index (χ0n) is 14.0. The highest BCUT2D eigenvalue weighted by molar-refractivity contribution is 6.31. The average molecular weight is 374 g/mol.